The highest BCUT2D eigenvalue weighted by Crippen LogP contribution is 2.37. The van der Waals surface area contributed by atoms with E-state index in [4.69, 9.17) is 0 Å². The highest BCUT2D eigenvalue weighted by atomic mass is 19.1. The van der Waals surface area contributed by atoms with Crippen molar-refractivity contribution in [2.75, 3.05) is 4.90 Å². The van der Waals surface area contributed by atoms with E-state index in [-0.39, 0.29) is 5.91 Å². The number of anilines is 1. The van der Waals surface area contributed by atoms with Gasteiger partial charge in [0.15, 0.2) is 0 Å². The van der Waals surface area contributed by atoms with Gasteiger partial charge in [0, 0.05) is 0 Å². The summed E-state index contributed by atoms with van der Waals surface area (Å²) in [5.41, 5.74) is -1.44. The van der Waals surface area contributed by atoms with E-state index in [1.807, 2.05) is 0 Å². The minimum absolute atomic E-state index is 0.376. The summed E-state index contributed by atoms with van der Waals surface area (Å²) in [5, 5.41) is 2.75. The van der Waals surface area contributed by atoms with Gasteiger partial charge in [-0.2, -0.15) is 0 Å². The Kier molecular flexibility index (Phi) is 3.19. The van der Waals surface area contributed by atoms with Gasteiger partial charge in [0.2, 0.25) is 5.91 Å². The molecule has 3 rings (SSSR count). The van der Waals surface area contributed by atoms with Crippen LogP contribution in [0, 0.1) is 11.6 Å². The van der Waals surface area contributed by atoms with Gasteiger partial charge in [-0.15, -0.1) is 0 Å². The standard InChI is InChI=1S/C15H16F2N2O2/c1-9-13(20)18-15(7-2-3-8-15)14(21)19(9)12-10(16)5-4-6-11(12)17/h4-6,9H,2-3,7-8H2,1H3,(H,18,20). The Balaban J connectivity index is 2.10. The Labute approximate surface area is 121 Å². The van der Waals surface area contributed by atoms with Crippen LogP contribution in [0.5, 0.6) is 0 Å². The molecule has 0 aromatic heterocycles. The maximum absolute atomic E-state index is 14.0. The predicted molar refractivity (Wildman–Crippen MR) is 72.6 cm³/mol. The highest BCUT2D eigenvalue weighted by Gasteiger charge is 2.52. The van der Waals surface area contributed by atoms with Crippen molar-refractivity contribution in [1.29, 1.82) is 0 Å². The maximum atomic E-state index is 14.0. The Hall–Kier alpha value is -1.98. The van der Waals surface area contributed by atoms with Crippen molar-refractivity contribution >= 4 is 17.5 Å². The molecule has 112 valence electrons. The molecule has 1 heterocycles. The summed E-state index contributed by atoms with van der Waals surface area (Å²) in [6.07, 6.45) is 2.65. The first-order chi connectivity index (χ1) is 9.96. The van der Waals surface area contributed by atoms with Crippen LogP contribution in [0.2, 0.25) is 0 Å². The van der Waals surface area contributed by atoms with Crippen LogP contribution in [0.25, 0.3) is 0 Å². The molecule has 2 aliphatic rings. The number of nitrogens with one attached hydrogen (secondary N) is 1. The Morgan fingerprint density at radius 1 is 1.19 bits per heavy atom. The molecule has 1 aromatic rings. The molecule has 1 saturated heterocycles. The molecule has 1 saturated carbocycles. The molecular weight excluding hydrogens is 278 g/mol. The number of rotatable bonds is 1. The molecule has 1 aliphatic carbocycles. The molecule has 6 heteroatoms. The SMILES string of the molecule is CC1C(=O)NC2(CCCC2)C(=O)N1c1c(F)cccc1F. The lowest BCUT2D eigenvalue weighted by Gasteiger charge is -2.43. The number of carbonyl (C=O) groups is 2. The first-order valence-corrected chi connectivity index (χ1v) is 7.06. The minimum atomic E-state index is -1.00. The fraction of sp³-hybridized carbons (Fsp3) is 0.467. The van der Waals surface area contributed by atoms with Gasteiger partial charge >= 0.3 is 0 Å². The average Bonchev–Trinajstić information content (AvgIpc) is 2.89. The van der Waals surface area contributed by atoms with Crippen LogP contribution < -0.4 is 10.2 Å². The van der Waals surface area contributed by atoms with E-state index in [0.29, 0.717) is 12.8 Å². The summed E-state index contributed by atoms with van der Waals surface area (Å²) in [4.78, 5) is 25.9. The van der Waals surface area contributed by atoms with Crippen molar-refractivity contribution < 1.29 is 18.4 Å². The van der Waals surface area contributed by atoms with Crippen LogP contribution >= 0.6 is 0 Å². The summed E-state index contributed by atoms with van der Waals surface area (Å²) in [6, 6.07) is 2.48. The number of halogens is 2. The van der Waals surface area contributed by atoms with Crippen LogP contribution in [-0.2, 0) is 9.59 Å². The number of benzene rings is 1. The van der Waals surface area contributed by atoms with Gasteiger partial charge in [0.05, 0.1) is 0 Å². The first-order valence-electron chi connectivity index (χ1n) is 7.06. The van der Waals surface area contributed by atoms with Gasteiger partial charge in [-0.05, 0) is 31.9 Å². The molecular formula is C15H16F2N2O2. The molecule has 1 spiro atoms. The van der Waals surface area contributed by atoms with Crippen molar-refractivity contribution in [2.45, 2.75) is 44.2 Å². The van der Waals surface area contributed by atoms with Crippen molar-refractivity contribution in [3.05, 3.63) is 29.8 Å². The van der Waals surface area contributed by atoms with Crippen molar-refractivity contribution in [2.24, 2.45) is 0 Å². The van der Waals surface area contributed by atoms with E-state index in [1.165, 1.54) is 13.0 Å². The summed E-state index contributed by atoms with van der Waals surface area (Å²) in [6.45, 7) is 1.47. The normalized spacial score (nSPS) is 24.5. The molecule has 1 aromatic carbocycles. The van der Waals surface area contributed by atoms with E-state index in [9.17, 15) is 18.4 Å². The fourth-order valence-corrected chi connectivity index (χ4v) is 3.25. The first kappa shape index (κ1) is 14.0. The third kappa shape index (κ3) is 2.01. The molecule has 4 nitrogen and oxygen atoms in total. The predicted octanol–water partition coefficient (Wildman–Crippen LogP) is 2.13. The zero-order valence-corrected chi connectivity index (χ0v) is 11.7. The molecule has 2 amide bonds. The molecule has 1 N–H and O–H groups in total. The van der Waals surface area contributed by atoms with E-state index >= 15 is 0 Å². The quantitative estimate of drug-likeness (QED) is 0.862. The largest absolute Gasteiger partial charge is 0.340 e. The third-order valence-electron chi connectivity index (χ3n) is 4.39. The lowest BCUT2D eigenvalue weighted by atomic mass is 9.90. The molecule has 21 heavy (non-hydrogen) atoms. The van der Waals surface area contributed by atoms with E-state index in [2.05, 4.69) is 5.32 Å². The molecule has 2 fully saturated rings. The van der Waals surface area contributed by atoms with Gasteiger partial charge in [0.25, 0.3) is 5.91 Å². The van der Waals surface area contributed by atoms with Crippen LogP contribution in [0.4, 0.5) is 14.5 Å². The van der Waals surface area contributed by atoms with Crippen LogP contribution in [0.1, 0.15) is 32.6 Å². The fourth-order valence-electron chi connectivity index (χ4n) is 3.25. The number of para-hydroxylation sites is 1. The molecule has 1 aliphatic heterocycles. The van der Waals surface area contributed by atoms with Crippen LogP contribution in [0.15, 0.2) is 18.2 Å². The number of piperazine rings is 1. The molecule has 0 bridgehead atoms. The summed E-state index contributed by atoms with van der Waals surface area (Å²) in [7, 11) is 0. The number of hydrogen-bond acceptors (Lipinski definition) is 2. The summed E-state index contributed by atoms with van der Waals surface area (Å²) in [5.74, 6) is -2.47. The smallest absolute Gasteiger partial charge is 0.253 e. The van der Waals surface area contributed by atoms with Crippen molar-refractivity contribution in [3.8, 4) is 0 Å². The molecule has 1 unspecified atom stereocenters. The van der Waals surface area contributed by atoms with E-state index in [0.717, 1.165) is 29.9 Å². The third-order valence-corrected chi connectivity index (χ3v) is 4.39. The second-order valence-corrected chi connectivity index (χ2v) is 5.70. The van der Waals surface area contributed by atoms with Gasteiger partial charge in [-0.1, -0.05) is 18.9 Å². The second-order valence-electron chi connectivity index (χ2n) is 5.70. The molecule has 1 atom stereocenters. The van der Waals surface area contributed by atoms with Crippen LogP contribution in [-0.4, -0.2) is 23.4 Å². The van der Waals surface area contributed by atoms with Crippen molar-refractivity contribution in [1.82, 2.24) is 5.32 Å². The maximum Gasteiger partial charge on any atom is 0.253 e. The Morgan fingerprint density at radius 3 is 2.33 bits per heavy atom. The van der Waals surface area contributed by atoms with Gasteiger partial charge in [-0.25, -0.2) is 8.78 Å². The van der Waals surface area contributed by atoms with E-state index in [1.54, 1.807) is 0 Å². The van der Waals surface area contributed by atoms with Gasteiger partial charge < -0.3 is 5.32 Å². The number of hydrogen-bond donors (Lipinski definition) is 1. The zero-order chi connectivity index (χ0) is 15.2. The number of carbonyl (C=O) groups excluding carboxylic acids is 2. The summed E-state index contributed by atoms with van der Waals surface area (Å²) < 4.78 is 28.0. The number of nitrogens with zero attached hydrogens (tertiary/aromatic N) is 1. The van der Waals surface area contributed by atoms with Crippen molar-refractivity contribution in [3.63, 3.8) is 0 Å². The average molecular weight is 294 g/mol. The lowest BCUT2D eigenvalue weighted by molar-refractivity contribution is -0.137. The van der Waals surface area contributed by atoms with Gasteiger partial charge in [-0.3, -0.25) is 14.5 Å². The number of amides is 2. The molecule has 0 radical (unpaired) electrons. The Bertz CT molecular complexity index is 591. The zero-order valence-electron chi connectivity index (χ0n) is 11.7. The highest BCUT2D eigenvalue weighted by molar-refractivity contribution is 6.10. The second kappa shape index (κ2) is 4.79. The minimum Gasteiger partial charge on any atom is -0.340 e. The van der Waals surface area contributed by atoms with Crippen LogP contribution in [0.3, 0.4) is 0 Å². The topological polar surface area (TPSA) is 49.4 Å². The van der Waals surface area contributed by atoms with Gasteiger partial charge in [0.1, 0.15) is 28.9 Å². The van der Waals surface area contributed by atoms with E-state index < -0.39 is 34.8 Å². The Morgan fingerprint density at radius 2 is 1.76 bits per heavy atom. The lowest BCUT2D eigenvalue weighted by Crippen LogP contribution is -2.69. The monoisotopic (exact) mass is 294 g/mol. The summed E-state index contributed by atoms with van der Waals surface area (Å²) >= 11 is 0.